The molecule has 0 unspecified atom stereocenters. The van der Waals surface area contributed by atoms with Gasteiger partial charge < -0.3 is 5.32 Å². The zero-order chi connectivity index (χ0) is 23.0. The molecule has 0 saturated heterocycles. The summed E-state index contributed by atoms with van der Waals surface area (Å²) in [5.41, 5.74) is 2.52. The van der Waals surface area contributed by atoms with Crippen LogP contribution in [0.5, 0.6) is 0 Å². The number of sulfonamides is 1. The van der Waals surface area contributed by atoms with Gasteiger partial charge >= 0.3 is 0 Å². The molecule has 0 bridgehead atoms. The van der Waals surface area contributed by atoms with E-state index in [2.05, 4.69) is 5.32 Å². The zero-order valence-corrected chi connectivity index (χ0v) is 20.1. The number of carbonyl (C=O) groups excluding carboxylic acids is 1. The van der Waals surface area contributed by atoms with Gasteiger partial charge in [-0.05, 0) is 48.9 Å². The maximum absolute atomic E-state index is 13.3. The highest BCUT2D eigenvalue weighted by molar-refractivity contribution is 7.98. The van der Waals surface area contributed by atoms with Gasteiger partial charge in [0.1, 0.15) is 6.54 Å². The van der Waals surface area contributed by atoms with Crippen LogP contribution in [0.3, 0.4) is 0 Å². The number of nitrogens with one attached hydrogen (secondary N) is 1. The molecule has 0 fully saturated rings. The molecule has 0 aromatic heterocycles. The summed E-state index contributed by atoms with van der Waals surface area (Å²) < 4.78 is 27.7. The van der Waals surface area contributed by atoms with Crippen molar-refractivity contribution in [1.29, 1.82) is 0 Å². The highest BCUT2D eigenvalue weighted by Gasteiger charge is 2.26. The van der Waals surface area contributed by atoms with Gasteiger partial charge in [0.05, 0.1) is 10.6 Å². The van der Waals surface area contributed by atoms with Gasteiger partial charge in [-0.3, -0.25) is 9.10 Å². The molecule has 3 aromatic rings. The van der Waals surface area contributed by atoms with E-state index < -0.39 is 10.0 Å². The Labute approximate surface area is 198 Å². The summed E-state index contributed by atoms with van der Waals surface area (Å²) in [6.07, 6.45) is 0. The van der Waals surface area contributed by atoms with Crippen molar-refractivity contribution in [2.24, 2.45) is 0 Å². The summed E-state index contributed by atoms with van der Waals surface area (Å²) >= 11 is 7.67. The van der Waals surface area contributed by atoms with Crippen molar-refractivity contribution in [3.8, 4) is 0 Å². The number of halogens is 1. The molecule has 0 atom stereocenters. The summed E-state index contributed by atoms with van der Waals surface area (Å²) in [4.78, 5) is 12.7. The molecule has 168 valence electrons. The van der Waals surface area contributed by atoms with E-state index in [1.54, 1.807) is 66.4 Å². The van der Waals surface area contributed by atoms with Crippen molar-refractivity contribution >= 4 is 45.0 Å². The molecule has 0 saturated carbocycles. The van der Waals surface area contributed by atoms with Gasteiger partial charge in [0.2, 0.25) is 5.91 Å². The second-order valence-electron chi connectivity index (χ2n) is 7.19. The minimum atomic E-state index is -3.89. The van der Waals surface area contributed by atoms with Crippen LogP contribution >= 0.6 is 23.4 Å². The minimum Gasteiger partial charge on any atom is -0.354 e. The standard InChI is InChI=1S/C24H25ClN2O3S2/c1-19-10-12-23(13-11-19)32(29,30)27(22-8-3-2-4-9-22)17-24(28)26-14-15-31-18-20-6-5-7-21(25)16-20/h2-13,16H,14-15,17-18H2,1H3,(H,26,28). The van der Waals surface area contributed by atoms with E-state index in [0.29, 0.717) is 23.0 Å². The number of thioether (sulfide) groups is 1. The third kappa shape index (κ3) is 6.76. The smallest absolute Gasteiger partial charge is 0.264 e. The second kappa shape index (κ2) is 11.4. The number of carbonyl (C=O) groups is 1. The number of aryl methyl sites for hydroxylation is 1. The molecule has 0 spiro atoms. The minimum absolute atomic E-state index is 0.150. The van der Waals surface area contributed by atoms with E-state index in [0.717, 1.165) is 21.2 Å². The number of amides is 1. The van der Waals surface area contributed by atoms with Crippen LogP contribution in [-0.2, 0) is 20.6 Å². The van der Waals surface area contributed by atoms with Crippen LogP contribution in [-0.4, -0.2) is 33.2 Å². The number of anilines is 1. The van der Waals surface area contributed by atoms with E-state index in [1.807, 2.05) is 31.2 Å². The lowest BCUT2D eigenvalue weighted by Gasteiger charge is -2.24. The summed E-state index contributed by atoms with van der Waals surface area (Å²) in [6, 6.07) is 22.9. The van der Waals surface area contributed by atoms with Gasteiger partial charge in [0.15, 0.2) is 0 Å². The molecule has 3 aromatic carbocycles. The molecular formula is C24H25ClN2O3S2. The number of benzene rings is 3. The van der Waals surface area contributed by atoms with E-state index in [1.165, 1.54) is 0 Å². The molecular weight excluding hydrogens is 464 g/mol. The molecule has 3 rings (SSSR count). The molecule has 0 aliphatic carbocycles. The Balaban J connectivity index is 1.61. The second-order valence-corrected chi connectivity index (χ2v) is 10.6. The van der Waals surface area contributed by atoms with Gasteiger partial charge in [-0.1, -0.05) is 59.6 Å². The monoisotopic (exact) mass is 488 g/mol. The van der Waals surface area contributed by atoms with Crippen LogP contribution in [0, 0.1) is 6.92 Å². The lowest BCUT2D eigenvalue weighted by atomic mass is 10.2. The van der Waals surface area contributed by atoms with Gasteiger partial charge in [-0.25, -0.2) is 8.42 Å². The first-order valence-electron chi connectivity index (χ1n) is 10.1. The SMILES string of the molecule is Cc1ccc(S(=O)(=O)N(CC(=O)NCCSCc2cccc(Cl)c2)c2ccccc2)cc1. The molecule has 0 aliphatic rings. The predicted octanol–water partition coefficient (Wildman–Crippen LogP) is 4.89. The maximum Gasteiger partial charge on any atom is 0.264 e. The molecule has 0 heterocycles. The molecule has 8 heteroatoms. The van der Waals surface area contributed by atoms with Gasteiger partial charge in [0.25, 0.3) is 10.0 Å². The fourth-order valence-corrected chi connectivity index (χ4v) is 5.45. The van der Waals surface area contributed by atoms with Crippen molar-refractivity contribution in [2.45, 2.75) is 17.6 Å². The number of rotatable bonds is 10. The zero-order valence-electron chi connectivity index (χ0n) is 17.7. The first-order chi connectivity index (χ1) is 15.4. The Kier molecular flexibility index (Phi) is 8.61. The first kappa shape index (κ1) is 24.2. The van der Waals surface area contributed by atoms with Crippen molar-refractivity contribution in [3.63, 3.8) is 0 Å². The summed E-state index contributed by atoms with van der Waals surface area (Å²) in [6.45, 7) is 2.04. The van der Waals surface area contributed by atoms with E-state index in [9.17, 15) is 13.2 Å². The Morgan fingerprint density at radius 3 is 2.41 bits per heavy atom. The van der Waals surface area contributed by atoms with Crippen LogP contribution in [0.2, 0.25) is 5.02 Å². The molecule has 32 heavy (non-hydrogen) atoms. The third-order valence-corrected chi connectivity index (χ3v) is 7.72. The van der Waals surface area contributed by atoms with Crippen LogP contribution in [0.25, 0.3) is 0 Å². The fraction of sp³-hybridized carbons (Fsp3) is 0.208. The lowest BCUT2D eigenvalue weighted by Crippen LogP contribution is -2.41. The van der Waals surface area contributed by atoms with Crippen molar-refractivity contribution in [3.05, 3.63) is 95.0 Å². The van der Waals surface area contributed by atoms with E-state index >= 15 is 0 Å². The van der Waals surface area contributed by atoms with Crippen LogP contribution in [0.15, 0.2) is 83.8 Å². The number of para-hydroxylation sites is 1. The normalized spacial score (nSPS) is 11.2. The Morgan fingerprint density at radius 1 is 1.00 bits per heavy atom. The number of hydrogen-bond acceptors (Lipinski definition) is 4. The topological polar surface area (TPSA) is 66.5 Å². The van der Waals surface area contributed by atoms with Gasteiger partial charge in [-0.15, -0.1) is 0 Å². The van der Waals surface area contributed by atoms with E-state index in [-0.39, 0.29) is 17.3 Å². The first-order valence-corrected chi connectivity index (χ1v) is 13.1. The highest BCUT2D eigenvalue weighted by atomic mass is 35.5. The van der Waals surface area contributed by atoms with Crippen molar-refractivity contribution < 1.29 is 13.2 Å². The lowest BCUT2D eigenvalue weighted by molar-refractivity contribution is -0.119. The van der Waals surface area contributed by atoms with Crippen molar-refractivity contribution in [1.82, 2.24) is 5.32 Å². The Hall–Kier alpha value is -2.48. The molecule has 0 aliphatic heterocycles. The Bertz CT molecular complexity index is 1140. The fourth-order valence-electron chi connectivity index (χ4n) is 3.01. The average molecular weight is 489 g/mol. The third-order valence-electron chi connectivity index (χ3n) is 4.67. The molecule has 1 amide bonds. The maximum atomic E-state index is 13.3. The number of nitrogens with zero attached hydrogens (tertiary/aromatic N) is 1. The largest absolute Gasteiger partial charge is 0.354 e. The van der Waals surface area contributed by atoms with Gasteiger partial charge in [-0.2, -0.15) is 11.8 Å². The number of hydrogen-bond donors (Lipinski definition) is 1. The van der Waals surface area contributed by atoms with Gasteiger partial charge in [0, 0.05) is 23.1 Å². The molecule has 0 radical (unpaired) electrons. The van der Waals surface area contributed by atoms with Crippen molar-refractivity contribution in [2.75, 3.05) is 23.1 Å². The predicted molar refractivity (Wildman–Crippen MR) is 133 cm³/mol. The van der Waals surface area contributed by atoms with Crippen LogP contribution < -0.4 is 9.62 Å². The molecule has 1 N–H and O–H groups in total. The Morgan fingerprint density at radius 2 is 1.72 bits per heavy atom. The molecule has 5 nitrogen and oxygen atoms in total. The van der Waals surface area contributed by atoms with E-state index in [4.69, 9.17) is 11.6 Å². The summed E-state index contributed by atoms with van der Waals surface area (Å²) in [5, 5.41) is 3.52. The summed E-state index contributed by atoms with van der Waals surface area (Å²) in [5.74, 6) is 1.13. The average Bonchev–Trinajstić information content (AvgIpc) is 2.78. The highest BCUT2D eigenvalue weighted by Crippen LogP contribution is 2.23. The summed E-state index contributed by atoms with van der Waals surface area (Å²) in [7, 11) is -3.89. The van der Waals surface area contributed by atoms with Crippen LogP contribution in [0.4, 0.5) is 5.69 Å². The quantitative estimate of drug-likeness (QED) is 0.412. The van der Waals surface area contributed by atoms with Crippen LogP contribution in [0.1, 0.15) is 11.1 Å².